The van der Waals surface area contributed by atoms with Crippen LogP contribution in [0.4, 0.5) is 0 Å². The summed E-state index contributed by atoms with van der Waals surface area (Å²) in [6, 6.07) is 0.0871. The predicted molar refractivity (Wildman–Crippen MR) is 53.4 cm³/mol. The minimum absolute atomic E-state index is 0.0294. The average molecular weight is 186 g/mol. The molecule has 1 amide bonds. The van der Waals surface area contributed by atoms with Gasteiger partial charge in [0.25, 0.3) is 5.91 Å². The summed E-state index contributed by atoms with van der Waals surface area (Å²) in [7, 11) is 0. The largest absolute Gasteiger partial charge is 0.348 e. The summed E-state index contributed by atoms with van der Waals surface area (Å²) < 4.78 is 0. The highest BCUT2D eigenvalue weighted by Crippen LogP contribution is 2.03. The molecule has 0 spiro atoms. The second kappa shape index (κ2) is 5.83. The monoisotopic (exact) mass is 186 g/mol. The first-order valence-electron chi connectivity index (χ1n) is 3.75. The highest BCUT2D eigenvalue weighted by Gasteiger charge is 2.08. The van der Waals surface area contributed by atoms with Gasteiger partial charge in [0, 0.05) is 6.04 Å². The number of allylic oxidation sites excluding steroid dienone is 1. The van der Waals surface area contributed by atoms with E-state index in [0.717, 1.165) is 11.8 Å². The molecule has 4 heteroatoms. The minimum Gasteiger partial charge on any atom is -0.348 e. The van der Waals surface area contributed by atoms with Crippen LogP contribution in [0.1, 0.15) is 20.8 Å². The Bertz CT molecular complexity index is 199. The van der Waals surface area contributed by atoms with Gasteiger partial charge < -0.3 is 5.32 Å². The van der Waals surface area contributed by atoms with E-state index in [2.05, 4.69) is 5.32 Å². The normalized spacial score (nSPS) is 10.7. The third-order valence-electron chi connectivity index (χ3n) is 0.948. The minimum atomic E-state index is -0.312. The van der Waals surface area contributed by atoms with Crippen molar-refractivity contribution in [2.45, 2.75) is 26.8 Å². The third kappa shape index (κ3) is 4.96. The smallest absolute Gasteiger partial charge is 0.276 e. The second-order valence-corrected chi connectivity index (χ2v) is 3.46. The molecule has 2 N–H and O–H groups in total. The number of amides is 1. The van der Waals surface area contributed by atoms with Crippen molar-refractivity contribution in [3.63, 3.8) is 0 Å². The van der Waals surface area contributed by atoms with Gasteiger partial charge in [-0.05, 0) is 26.2 Å². The van der Waals surface area contributed by atoms with Crippen molar-refractivity contribution in [2.75, 3.05) is 0 Å². The molecule has 0 saturated heterocycles. The molecule has 0 heterocycles. The van der Waals surface area contributed by atoms with Gasteiger partial charge in [-0.1, -0.05) is 17.8 Å². The summed E-state index contributed by atoms with van der Waals surface area (Å²) in [6.07, 6.45) is 1.79. The first-order valence-corrected chi connectivity index (χ1v) is 4.63. The number of rotatable bonds is 2. The molecule has 0 aliphatic carbocycles. The van der Waals surface area contributed by atoms with Gasteiger partial charge in [-0.25, -0.2) is 0 Å². The Morgan fingerprint density at radius 2 is 2.17 bits per heavy atom. The van der Waals surface area contributed by atoms with Crippen LogP contribution in [0.3, 0.4) is 0 Å². The fourth-order valence-electron chi connectivity index (χ4n) is 0.517. The van der Waals surface area contributed by atoms with Crippen molar-refractivity contribution in [2.24, 2.45) is 0 Å². The van der Waals surface area contributed by atoms with Crippen molar-refractivity contribution in [3.8, 4) is 0 Å². The van der Waals surface area contributed by atoms with E-state index in [-0.39, 0.29) is 17.0 Å². The Labute approximate surface area is 77.1 Å². The molecule has 0 unspecified atom stereocenters. The molecule has 0 aromatic rings. The molecule has 68 valence electrons. The van der Waals surface area contributed by atoms with E-state index in [0.29, 0.717) is 0 Å². The van der Waals surface area contributed by atoms with Crippen LogP contribution >= 0.6 is 11.8 Å². The first-order chi connectivity index (χ1) is 5.57. The lowest BCUT2D eigenvalue weighted by Crippen LogP contribution is -2.34. The van der Waals surface area contributed by atoms with E-state index in [1.54, 1.807) is 11.5 Å². The number of thioether (sulfide) groups is 1. The third-order valence-corrected chi connectivity index (χ3v) is 1.78. The first kappa shape index (κ1) is 11.2. The van der Waals surface area contributed by atoms with E-state index in [1.165, 1.54) is 0 Å². The summed E-state index contributed by atoms with van der Waals surface area (Å²) in [5.74, 6) is -0.312. The summed E-state index contributed by atoms with van der Waals surface area (Å²) >= 11 is 1.12. The lowest BCUT2D eigenvalue weighted by atomic mass is 10.4. The number of carbonyl (C=O) groups excluding carboxylic acids is 1. The predicted octanol–water partition coefficient (Wildman–Crippen LogP) is 1.76. The molecule has 0 aromatic carbocycles. The maximum atomic E-state index is 11.1. The second-order valence-electron chi connectivity index (χ2n) is 2.54. The number of hydrogen-bond acceptors (Lipinski definition) is 3. The van der Waals surface area contributed by atoms with E-state index in [9.17, 15) is 4.79 Å². The van der Waals surface area contributed by atoms with Gasteiger partial charge in [-0.2, -0.15) is 0 Å². The van der Waals surface area contributed by atoms with Gasteiger partial charge in [-0.15, -0.1) is 0 Å². The maximum Gasteiger partial charge on any atom is 0.276 e. The molecule has 3 nitrogen and oxygen atoms in total. The fourth-order valence-corrected chi connectivity index (χ4v) is 0.955. The molecule has 0 saturated carbocycles. The highest BCUT2D eigenvalue weighted by molar-refractivity contribution is 8.18. The molecule has 0 aliphatic rings. The summed E-state index contributed by atoms with van der Waals surface area (Å²) in [5.41, 5.74) is 0. The van der Waals surface area contributed by atoms with Gasteiger partial charge >= 0.3 is 0 Å². The van der Waals surface area contributed by atoms with Crippen LogP contribution in [-0.4, -0.2) is 17.0 Å². The van der Waals surface area contributed by atoms with Gasteiger partial charge in [-0.3, -0.25) is 10.2 Å². The van der Waals surface area contributed by atoms with Crippen LogP contribution in [0.5, 0.6) is 0 Å². The summed E-state index contributed by atoms with van der Waals surface area (Å²) in [6.45, 7) is 5.58. The van der Waals surface area contributed by atoms with Gasteiger partial charge in [0.15, 0.2) is 5.04 Å². The SMILES string of the molecule is C/C=C\SC(=N)C(=O)NC(C)C. The lowest BCUT2D eigenvalue weighted by Gasteiger charge is -2.06. The zero-order valence-corrected chi connectivity index (χ0v) is 8.37. The zero-order valence-electron chi connectivity index (χ0n) is 7.55. The summed E-state index contributed by atoms with van der Waals surface area (Å²) in [4.78, 5) is 11.1. The number of hydrogen-bond donors (Lipinski definition) is 2. The molecule has 0 fully saturated rings. The van der Waals surface area contributed by atoms with Crippen LogP contribution in [0.2, 0.25) is 0 Å². The molecule has 0 rings (SSSR count). The van der Waals surface area contributed by atoms with Crippen molar-refractivity contribution >= 4 is 22.7 Å². The van der Waals surface area contributed by atoms with Crippen molar-refractivity contribution in [1.29, 1.82) is 5.41 Å². The Balaban J connectivity index is 3.85. The van der Waals surface area contributed by atoms with Crippen LogP contribution < -0.4 is 5.32 Å². The van der Waals surface area contributed by atoms with Gasteiger partial charge in [0.1, 0.15) is 0 Å². The molecule has 0 atom stereocenters. The number of nitrogens with one attached hydrogen (secondary N) is 2. The molecule has 0 aliphatic heterocycles. The van der Waals surface area contributed by atoms with Gasteiger partial charge in [0.05, 0.1) is 0 Å². The van der Waals surface area contributed by atoms with E-state index < -0.39 is 0 Å². The molecular formula is C8H14N2OS. The van der Waals surface area contributed by atoms with Crippen molar-refractivity contribution < 1.29 is 4.79 Å². The van der Waals surface area contributed by atoms with E-state index in [1.807, 2.05) is 20.8 Å². The summed E-state index contributed by atoms with van der Waals surface area (Å²) in [5, 5.41) is 11.7. The van der Waals surface area contributed by atoms with E-state index >= 15 is 0 Å². The molecule has 0 bridgehead atoms. The maximum absolute atomic E-state index is 11.1. The van der Waals surface area contributed by atoms with Crippen LogP contribution in [0.25, 0.3) is 0 Å². The molecule has 0 aromatic heterocycles. The standard InChI is InChI=1S/C8H14N2OS/c1-4-5-12-7(9)8(11)10-6(2)3/h4-6,9H,1-3H3,(H,10,11)/b5-4-,9-7?. The van der Waals surface area contributed by atoms with Crippen LogP contribution in [0.15, 0.2) is 11.5 Å². The lowest BCUT2D eigenvalue weighted by molar-refractivity contribution is -0.115. The molecule has 0 radical (unpaired) electrons. The highest BCUT2D eigenvalue weighted by atomic mass is 32.2. The molecular weight excluding hydrogens is 172 g/mol. The quantitative estimate of drug-likeness (QED) is 0.510. The Morgan fingerprint density at radius 1 is 1.58 bits per heavy atom. The Hall–Kier alpha value is -0.770. The Morgan fingerprint density at radius 3 is 2.58 bits per heavy atom. The Kier molecular flexibility index (Phi) is 5.45. The fraction of sp³-hybridized carbons (Fsp3) is 0.500. The molecule has 12 heavy (non-hydrogen) atoms. The van der Waals surface area contributed by atoms with E-state index in [4.69, 9.17) is 5.41 Å². The zero-order chi connectivity index (χ0) is 9.56. The van der Waals surface area contributed by atoms with Crippen LogP contribution in [-0.2, 0) is 4.79 Å². The van der Waals surface area contributed by atoms with Gasteiger partial charge in [0.2, 0.25) is 0 Å². The number of carbonyl (C=O) groups is 1. The van der Waals surface area contributed by atoms with Crippen molar-refractivity contribution in [1.82, 2.24) is 5.32 Å². The van der Waals surface area contributed by atoms with Crippen molar-refractivity contribution in [3.05, 3.63) is 11.5 Å². The topological polar surface area (TPSA) is 53.0 Å². The average Bonchev–Trinajstić information content (AvgIpc) is 1.98. The van der Waals surface area contributed by atoms with Crippen LogP contribution in [0, 0.1) is 5.41 Å².